The Balaban J connectivity index is 2.25. The average molecular weight is 197 g/mol. The number of aromatic amines is 1. The number of aryl methyl sites for hydroxylation is 1. The molecule has 0 aliphatic heterocycles. The van der Waals surface area contributed by atoms with Gasteiger partial charge in [-0.3, -0.25) is 0 Å². The summed E-state index contributed by atoms with van der Waals surface area (Å²) in [5.74, 6) is 0. The van der Waals surface area contributed by atoms with Crippen LogP contribution in [0, 0.1) is 18.3 Å². The fourth-order valence-electron chi connectivity index (χ4n) is 1.41. The molecule has 0 saturated heterocycles. The second kappa shape index (κ2) is 3.89. The van der Waals surface area contributed by atoms with Gasteiger partial charge in [-0.25, -0.2) is 0 Å². The van der Waals surface area contributed by atoms with Crippen LogP contribution >= 0.6 is 0 Å². The molecule has 15 heavy (non-hydrogen) atoms. The van der Waals surface area contributed by atoms with E-state index in [9.17, 15) is 0 Å². The second-order valence-corrected chi connectivity index (χ2v) is 3.33. The summed E-state index contributed by atoms with van der Waals surface area (Å²) in [6.45, 7) is 2.00. The molecule has 2 N–H and O–H groups in total. The summed E-state index contributed by atoms with van der Waals surface area (Å²) < 4.78 is 0. The molecular formula is C12H11N3. The number of H-pyrrole nitrogens is 1. The summed E-state index contributed by atoms with van der Waals surface area (Å²) in [5, 5.41) is 12.0. The van der Waals surface area contributed by atoms with Gasteiger partial charge in [-0.15, -0.1) is 0 Å². The van der Waals surface area contributed by atoms with Crippen LogP contribution in [0.5, 0.6) is 0 Å². The Labute approximate surface area is 88.4 Å². The molecule has 0 amide bonds. The molecule has 2 rings (SSSR count). The van der Waals surface area contributed by atoms with Crippen molar-refractivity contribution in [2.24, 2.45) is 0 Å². The Hall–Kier alpha value is -2.21. The van der Waals surface area contributed by atoms with E-state index in [1.807, 2.05) is 37.4 Å². The summed E-state index contributed by atoms with van der Waals surface area (Å²) in [6.07, 6.45) is 1.88. The molecule has 3 nitrogen and oxygen atoms in total. The van der Waals surface area contributed by atoms with Crippen molar-refractivity contribution in [3.63, 3.8) is 0 Å². The van der Waals surface area contributed by atoms with Gasteiger partial charge in [0, 0.05) is 17.6 Å². The van der Waals surface area contributed by atoms with E-state index in [1.54, 1.807) is 6.07 Å². The van der Waals surface area contributed by atoms with Crippen LogP contribution < -0.4 is 5.32 Å². The molecule has 0 aliphatic rings. The largest absolute Gasteiger partial charge is 0.363 e. The lowest BCUT2D eigenvalue weighted by Crippen LogP contribution is -1.90. The van der Waals surface area contributed by atoms with Crippen LogP contribution in [0.3, 0.4) is 0 Å². The van der Waals surface area contributed by atoms with Crippen molar-refractivity contribution >= 4 is 11.4 Å². The van der Waals surface area contributed by atoms with Gasteiger partial charge >= 0.3 is 0 Å². The minimum atomic E-state index is 0.660. The van der Waals surface area contributed by atoms with Gasteiger partial charge in [0.1, 0.15) is 0 Å². The molecule has 2 aromatic rings. The van der Waals surface area contributed by atoms with E-state index >= 15 is 0 Å². The van der Waals surface area contributed by atoms with Crippen molar-refractivity contribution in [3.8, 4) is 6.07 Å². The van der Waals surface area contributed by atoms with Crippen molar-refractivity contribution in [3.05, 3.63) is 47.8 Å². The highest BCUT2D eigenvalue weighted by Crippen LogP contribution is 2.19. The molecule has 3 heteroatoms. The zero-order valence-corrected chi connectivity index (χ0v) is 8.41. The van der Waals surface area contributed by atoms with Crippen LogP contribution in [0.15, 0.2) is 36.5 Å². The van der Waals surface area contributed by atoms with E-state index in [4.69, 9.17) is 5.26 Å². The zero-order chi connectivity index (χ0) is 10.7. The first-order valence-corrected chi connectivity index (χ1v) is 4.71. The minimum Gasteiger partial charge on any atom is -0.363 e. The molecular weight excluding hydrogens is 186 g/mol. The van der Waals surface area contributed by atoms with Gasteiger partial charge in [0.25, 0.3) is 0 Å². The van der Waals surface area contributed by atoms with Crippen molar-refractivity contribution in [2.45, 2.75) is 6.92 Å². The van der Waals surface area contributed by atoms with Gasteiger partial charge < -0.3 is 10.3 Å². The average Bonchev–Trinajstić information content (AvgIpc) is 2.65. The van der Waals surface area contributed by atoms with Gasteiger partial charge in [0.15, 0.2) is 0 Å². The summed E-state index contributed by atoms with van der Waals surface area (Å²) in [6, 6.07) is 11.5. The van der Waals surface area contributed by atoms with Crippen molar-refractivity contribution in [1.82, 2.24) is 4.98 Å². The maximum absolute atomic E-state index is 8.76. The van der Waals surface area contributed by atoms with Crippen molar-refractivity contribution < 1.29 is 0 Å². The van der Waals surface area contributed by atoms with E-state index in [1.165, 1.54) is 0 Å². The molecule has 1 aromatic heterocycles. The van der Waals surface area contributed by atoms with E-state index < -0.39 is 0 Å². The predicted octanol–water partition coefficient (Wildman–Crippen LogP) is 2.94. The Bertz CT molecular complexity index is 506. The first-order chi connectivity index (χ1) is 7.29. The van der Waals surface area contributed by atoms with Gasteiger partial charge in [-0.05, 0) is 31.2 Å². The summed E-state index contributed by atoms with van der Waals surface area (Å²) in [4.78, 5) is 3.09. The summed E-state index contributed by atoms with van der Waals surface area (Å²) >= 11 is 0. The van der Waals surface area contributed by atoms with E-state index in [-0.39, 0.29) is 0 Å². The van der Waals surface area contributed by atoms with Gasteiger partial charge in [-0.2, -0.15) is 5.26 Å². The number of nitrogens with zero attached hydrogens (tertiary/aromatic N) is 1. The third-order valence-corrected chi connectivity index (χ3v) is 2.22. The third kappa shape index (κ3) is 2.00. The molecule has 74 valence electrons. The lowest BCUT2D eigenvalue weighted by molar-refractivity contribution is 1.26. The van der Waals surface area contributed by atoms with Crippen molar-refractivity contribution in [1.29, 1.82) is 5.26 Å². The standard InChI is InChI=1S/C12H11N3/c1-9-12(5-6-14-9)15-11-4-2-3-10(7-11)8-13/h2-7,14-15H,1H3. The first kappa shape index (κ1) is 9.35. The Kier molecular flexibility index (Phi) is 2.42. The van der Waals surface area contributed by atoms with Crippen LogP contribution in [-0.4, -0.2) is 4.98 Å². The number of hydrogen-bond acceptors (Lipinski definition) is 2. The van der Waals surface area contributed by atoms with E-state index in [2.05, 4.69) is 16.4 Å². The molecule has 0 bridgehead atoms. The normalized spacial score (nSPS) is 9.60. The van der Waals surface area contributed by atoms with Gasteiger partial charge in [0.05, 0.1) is 17.3 Å². The Morgan fingerprint density at radius 2 is 2.20 bits per heavy atom. The van der Waals surface area contributed by atoms with Crippen LogP contribution in [0.4, 0.5) is 11.4 Å². The number of nitrogens with one attached hydrogen (secondary N) is 2. The predicted molar refractivity (Wildman–Crippen MR) is 60.0 cm³/mol. The van der Waals surface area contributed by atoms with E-state index in [0.717, 1.165) is 17.1 Å². The Morgan fingerprint density at radius 3 is 2.87 bits per heavy atom. The van der Waals surface area contributed by atoms with Crippen LogP contribution in [-0.2, 0) is 0 Å². The molecule has 1 heterocycles. The van der Waals surface area contributed by atoms with Crippen molar-refractivity contribution in [2.75, 3.05) is 5.32 Å². The monoisotopic (exact) mass is 197 g/mol. The van der Waals surface area contributed by atoms with E-state index in [0.29, 0.717) is 5.56 Å². The van der Waals surface area contributed by atoms with Gasteiger partial charge in [-0.1, -0.05) is 6.07 Å². The van der Waals surface area contributed by atoms with Crippen LogP contribution in [0.25, 0.3) is 0 Å². The number of rotatable bonds is 2. The lowest BCUT2D eigenvalue weighted by Gasteiger charge is -2.05. The summed E-state index contributed by atoms with van der Waals surface area (Å²) in [7, 11) is 0. The molecule has 0 atom stereocenters. The molecule has 0 spiro atoms. The fraction of sp³-hybridized carbons (Fsp3) is 0.0833. The molecule has 0 saturated carbocycles. The van der Waals surface area contributed by atoms with Gasteiger partial charge in [0.2, 0.25) is 0 Å². The number of hydrogen-bond donors (Lipinski definition) is 2. The number of aromatic nitrogens is 1. The molecule has 1 aromatic carbocycles. The zero-order valence-electron chi connectivity index (χ0n) is 8.41. The Morgan fingerprint density at radius 1 is 1.33 bits per heavy atom. The van der Waals surface area contributed by atoms with Crippen LogP contribution in [0.2, 0.25) is 0 Å². The highest BCUT2D eigenvalue weighted by Gasteiger charge is 1.99. The third-order valence-electron chi connectivity index (χ3n) is 2.22. The fourth-order valence-corrected chi connectivity index (χ4v) is 1.41. The molecule has 0 radical (unpaired) electrons. The topological polar surface area (TPSA) is 51.6 Å². The molecule has 0 fully saturated rings. The maximum Gasteiger partial charge on any atom is 0.0992 e. The second-order valence-electron chi connectivity index (χ2n) is 3.33. The van der Waals surface area contributed by atoms with Crippen LogP contribution in [0.1, 0.15) is 11.3 Å². The maximum atomic E-state index is 8.76. The first-order valence-electron chi connectivity index (χ1n) is 4.71. The smallest absolute Gasteiger partial charge is 0.0992 e. The number of anilines is 2. The number of benzene rings is 1. The highest BCUT2D eigenvalue weighted by atomic mass is 14.9. The summed E-state index contributed by atoms with van der Waals surface area (Å²) in [5.41, 5.74) is 3.70. The number of nitriles is 1. The molecule has 0 aliphatic carbocycles. The molecule has 0 unspecified atom stereocenters. The minimum absolute atomic E-state index is 0.660. The lowest BCUT2D eigenvalue weighted by atomic mass is 10.2. The quantitative estimate of drug-likeness (QED) is 0.777. The SMILES string of the molecule is Cc1[nH]ccc1Nc1cccc(C#N)c1. The highest BCUT2D eigenvalue weighted by molar-refractivity contribution is 5.63.